The van der Waals surface area contributed by atoms with Crippen molar-refractivity contribution in [1.82, 2.24) is 4.90 Å². The number of amides is 1. The van der Waals surface area contributed by atoms with Crippen LogP contribution in [0.25, 0.3) is 0 Å². The normalized spacial score (nSPS) is 24.4. The van der Waals surface area contributed by atoms with Gasteiger partial charge in [0.2, 0.25) is 15.9 Å². The molecule has 1 unspecified atom stereocenters. The average Bonchev–Trinajstić information content (AvgIpc) is 3.09. The van der Waals surface area contributed by atoms with Crippen molar-refractivity contribution in [3.63, 3.8) is 0 Å². The maximum absolute atomic E-state index is 12.3. The van der Waals surface area contributed by atoms with E-state index in [-0.39, 0.29) is 29.5 Å². The maximum atomic E-state index is 12.3. The van der Waals surface area contributed by atoms with E-state index in [0.29, 0.717) is 6.54 Å². The number of carbonyl (C=O) groups excluding carboxylic acids is 1. The van der Waals surface area contributed by atoms with Crippen LogP contribution in [-0.2, 0) is 20.4 Å². The lowest BCUT2D eigenvalue weighted by Crippen LogP contribution is -2.37. The van der Waals surface area contributed by atoms with Crippen molar-refractivity contribution >= 4 is 31.9 Å². The zero-order valence-corrected chi connectivity index (χ0v) is 13.9. The van der Waals surface area contributed by atoms with Gasteiger partial charge in [0.05, 0.1) is 11.3 Å². The highest BCUT2D eigenvalue weighted by molar-refractivity contribution is 9.10. The van der Waals surface area contributed by atoms with Gasteiger partial charge in [0.15, 0.2) is 0 Å². The molecule has 1 amide bonds. The molecule has 1 atom stereocenters. The van der Waals surface area contributed by atoms with Crippen LogP contribution in [0.5, 0.6) is 0 Å². The Morgan fingerprint density at radius 3 is 2.43 bits per heavy atom. The van der Waals surface area contributed by atoms with E-state index in [1.807, 2.05) is 29.2 Å². The lowest BCUT2D eigenvalue weighted by atomic mass is 10.0. The Morgan fingerprint density at radius 2 is 1.90 bits per heavy atom. The van der Waals surface area contributed by atoms with E-state index in [1.165, 1.54) is 0 Å². The summed E-state index contributed by atoms with van der Waals surface area (Å²) in [5, 5.41) is 5.10. The summed E-state index contributed by atoms with van der Waals surface area (Å²) in [5.74, 6) is -0.282. The fraction of sp³-hybridized carbons (Fsp3) is 0.500. The second-order valence-electron chi connectivity index (χ2n) is 5.94. The number of nitrogens with two attached hydrogens (primary N) is 1. The molecule has 0 radical (unpaired) electrons. The molecule has 0 bridgehead atoms. The Hall–Kier alpha value is -0.920. The van der Waals surface area contributed by atoms with Crippen molar-refractivity contribution in [2.45, 2.75) is 24.8 Å². The molecule has 1 saturated heterocycles. The summed E-state index contributed by atoms with van der Waals surface area (Å²) >= 11 is 3.41. The predicted molar refractivity (Wildman–Crippen MR) is 82.8 cm³/mol. The number of likely N-dealkylation sites (tertiary alicyclic amines) is 1. The Balaban J connectivity index is 1.81. The van der Waals surface area contributed by atoms with Gasteiger partial charge in [-0.05, 0) is 30.5 Å². The second kappa shape index (κ2) is 5.07. The molecule has 21 heavy (non-hydrogen) atoms. The van der Waals surface area contributed by atoms with Crippen molar-refractivity contribution in [1.29, 1.82) is 0 Å². The molecule has 3 rings (SSSR count). The maximum Gasteiger partial charge on any atom is 0.223 e. The first-order valence-corrected chi connectivity index (χ1v) is 9.38. The van der Waals surface area contributed by atoms with Gasteiger partial charge in [0.1, 0.15) is 0 Å². The summed E-state index contributed by atoms with van der Waals surface area (Å²) in [4.78, 5) is 14.1. The summed E-state index contributed by atoms with van der Waals surface area (Å²) in [5.41, 5.74) is 0.889. The second-order valence-corrected chi connectivity index (χ2v) is 8.52. The van der Waals surface area contributed by atoms with Crippen molar-refractivity contribution in [3.8, 4) is 0 Å². The van der Waals surface area contributed by atoms with Gasteiger partial charge in [0.25, 0.3) is 0 Å². The molecule has 0 spiro atoms. The molecular weight excluding hydrogens is 356 g/mol. The van der Waals surface area contributed by atoms with E-state index < -0.39 is 10.0 Å². The van der Waals surface area contributed by atoms with E-state index in [9.17, 15) is 13.2 Å². The summed E-state index contributed by atoms with van der Waals surface area (Å²) < 4.78 is 23.4. The largest absolute Gasteiger partial charge is 0.333 e. The number of hydrogen-bond acceptors (Lipinski definition) is 3. The van der Waals surface area contributed by atoms with Gasteiger partial charge in [0, 0.05) is 23.4 Å². The minimum absolute atomic E-state index is 0.0315. The predicted octanol–water partition coefficient (Wildman–Crippen LogP) is 1.58. The van der Waals surface area contributed by atoms with Crippen LogP contribution < -0.4 is 5.14 Å². The molecule has 5 nitrogen and oxygen atoms in total. The van der Waals surface area contributed by atoms with Crippen LogP contribution in [0.3, 0.4) is 0 Å². The number of benzene rings is 1. The Kier molecular flexibility index (Phi) is 3.62. The number of nitrogens with zero attached hydrogens (tertiary/aromatic N) is 1. The molecule has 2 fully saturated rings. The number of rotatable bonds is 4. The number of sulfonamides is 1. The van der Waals surface area contributed by atoms with Crippen LogP contribution >= 0.6 is 15.9 Å². The Morgan fingerprint density at radius 1 is 1.29 bits per heavy atom. The molecule has 1 aliphatic heterocycles. The topological polar surface area (TPSA) is 80.5 Å². The third-order valence-electron chi connectivity index (χ3n) is 4.29. The zero-order chi connectivity index (χ0) is 15.3. The zero-order valence-electron chi connectivity index (χ0n) is 11.5. The molecule has 7 heteroatoms. The van der Waals surface area contributed by atoms with Gasteiger partial charge in [-0.25, -0.2) is 13.6 Å². The highest BCUT2D eigenvalue weighted by atomic mass is 79.9. The lowest BCUT2D eigenvalue weighted by molar-refractivity contribution is -0.130. The van der Waals surface area contributed by atoms with Crippen LogP contribution in [0.4, 0.5) is 0 Å². The minimum Gasteiger partial charge on any atom is -0.333 e. The van der Waals surface area contributed by atoms with E-state index in [4.69, 9.17) is 5.14 Å². The summed E-state index contributed by atoms with van der Waals surface area (Å²) in [6, 6.07) is 7.99. The van der Waals surface area contributed by atoms with Crippen molar-refractivity contribution in [2.24, 2.45) is 11.1 Å². The third-order valence-corrected chi connectivity index (χ3v) is 5.76. The number of halogens is 1. The number of primary sulfonamides is 1. The Bertz CT molecular complexity index is 668. The highest BCUT2D eigenvalue weighted by Gasteiger charge is 2.54. The smallest absolute Gasteiger partial charge is 0.223 e. The van der Waals surface area contributed by atoms with Gasteiger partial charge < -0.3 is 4.90 Å². The van der Waals surface area contributed by atoms with E-state index in [2.05, 4.69) is 15.9 Å². The van der Waals surface area contributed by atoms with Crippen molar-refractivity contribution in [3.05, 3.63) is 34.3 Å². The highest BCUT2D eigenvalue weighted by Crippen LogP contribution is 2.53. The van der Waals surface area contributed by atoms with E-state index >= 15 is 0 Å². The molecule has 1 aromatic rings. The van der Waals surface area contributed by atoms with Gasteiger partial charge in [-0.2, -0.15) is 0 Å². The minimum atomic E-state index is -3.53. The summed E-state index contributed by atoms with van der Waals surface area (Å²) in [6.45, 7) is 0.478. The van der Waals surface area contributed by atoms with Crippen LogP contribution in [0.2, 0.25) is 0 Å². The fourth-order valence-electron chi connectivity index (χ4n) is 3.23. The van der Waals surface area contributed by atoms with Gasteiger partial charge >= 0.3 is 0 Å². The van der Waals surface area contributed by atoms with Crippen LogP contribution in [0.1, 0.15) is 24.8 Å². The Labute approximate surface area is 132 Å². The van der Waals surface area contributed by atoms with Crippen molar-refractivity contribution < 1.29 is 13.2 Å². The number of carbonyl (C=O) groups is 1. The third kappa shape index (κ3) is 3.00. The average molecular weight is 373 g/mol. The van der Waals surface area contributed by atoms with Gasteiger partial charge in [-0.1, -0.05) is 28.1 Å². The monoisotopic (exact) mass is 372 g/mol. The molecule has 1 aliphatic carbocycles. The summed E-state index contributed by atoms with van der Waals surface area (Å²) in [7, 11) is -3.53. The molecular formula is C14H17BrN2O3S. The molecule has 1 aromatic carbocycles. The van der Waals surface area contributed by atoms with Gasteiger partial charge in [-0.3, -0.25) is 4.79 Å². The summed E-state index contributed by atoms with van der Waals surface area (Å²) in [6.07, 6.45) is 2.14. The van der Waals surface area contributed by atoms with E-state index in [0.717, 1.165) is 22.9 Å². The van der Waals surface area contributed by atoms with Crippen LogP contribution in [-0.4, -0.2) is 31.5 Å². The quantitative estimate of drug-likeness (QED) is 0.870. The van der Waals surface area contributed by atoms with Crippen LogP contribution in [0.15, 0.2) is 28.7 Å². The molecule has 114 valence electrons. The lowest BCUT2D eigenvalue weighted by Gasteiger charge is -2.29. The first kappa shape index (κ1) is 15.0. The molecule has 1 saturated carbocycles. The number of hydrogen-bond donors (Lipinski definition) is 1. The first-order valence-electron chi connectivity index (χ1n) is 6.87. The molecule has 2 N–H and O–H groups in total. The molecule has 1 heterocycles. The van der Waals surface area contributed by atoms with E-state index in [1.54, 1.807) is 0 Å². The van der Waals surface area contributed by atoms with Crippen molar-refractivity contribution in [2.75, 3.05) is 12.3 Å². The molecule has 0 aromatic heterocycles. The molecule has 2 aliphatic rings. The SMILES string of the molecule is NS(=O)(=O)CC1CC(=O)N(C2(c3ccc(Br)cc3)CC2)C1. The fourth-order valence-corrected chi connectivity index (χ4v) is 4.37. The van der Waals surface area contributed by atoms with Gasteiger partial charge in [-0.15, -0.1) is 0 Å². The first-order chi connectivity index (χ1) is 9.80. The standard InChI is InChI=1S/C14H17BrN2O3S/c15-12-3-1-11(2-4-12)14(5-6-14)17-8-10(7-13(17)18)9-21(16,19)20/h1-4,10H,5-9H2,(H2,16,19,20). The van der Waals surface area contributed by atoms with Crippen LogP contribution in [0, 0.1) is 5.92 Å².